The van der Waals surface area contributed by atoms with Crippen molar-refractivity contribution < 1.29 is 22.8 Å². The summed E-state index contributed by atoms with van der Waals surface area (Å²) in [5.74, 6) is -6.25. The topological polar surface area (TPSA) is 70.2 Å². The highest BCUT2D eigenvalue weighted by Crippen LogP contribution is 2.65. The van der Waals surface area contributed by atoms with E-state index in [0.717, 1.165) is 24.3 Å². The van der Waals surface area contributed by atoms with Gasteiger partial charge in [0, 0.05) is 28.7 Å². The van der Waals surface area contributed by atoms with Crippen molar-refractivity contribution in [1.82, 2.24) is 0 Å². The van der Waals surface area contributed by atoms with Crippen LogP contribution in [0.25, 0.3) is 0 Å². The van der Waals surface area contributed by atoms with Crippen molar-refractivity contribution in [3.63, 3.8) is 0 Å². The number of rotatable bonds is 6. The summed E-state index contributed by atoms with van der Waals surface area (Å²) in [6, 6.07) is 8.58. The first-order chi connectivity index (χ1) is 17.3. The monoisotopic (exact) mass is 609 g/mol. The van der Waals surface area contributed by atoms with Crippen LogP contribution in [0, 0.1) is 23.4 Å². The first kappa shape index (κ1) is 27.7. The lowest BCUT2D eigenvalue weighted by atomic mass is 10.1. The van der Waals surface area contributed by atoms with Gasteiger partial charge in [0.2, 0.25) is 5.91 Å². The Balaban J connectivity index is 1.57. The Morgan fingerprint density at radius 2 is 1.54 bits per heavy atom. The molecule has 1 saturated carbocycles. The maximum absolute atomic E-state index is 14.6. The fraction of sp³-hybridized carbons (Fsp3) is 0.167. The zero-order chi connectivity index (χ0) is 27.2. The molecule has 3 aromatic rings. The number of hydrogen-bond acceptors (Lipinski definition) is 3. The van der Waals surface area contributed by atoms with Gasteiger partial charge in [0.1, 0.15) is 21.7 Å². The second-order valence-corrected chi connectivity index (χ2v) is 10.8. The molecule has 0 radical (unpaired) electrons. The number of alkyl halides is 2. The fourth-order valence-corrected chi connectivity index (χ4v) is 5.50. The molecule has 0 bridgehead atoms. The van der Waals surface area contributed by atoms with E-state index < -0.39 is 61.7 Å². The van der Waals surface area contributed by atoms with Crippen molar-refractivity contribution in [2.45, 2.75) is 10.3 Å². The van der Waals surface area contributed by atoms with E-state index in [-0.39, 0.29) is 11.4 Å². The normalized spacial score (nSPS) is 17.8. The SMILES string of the molecule is CNc1c(F)ccc(NC(=O)c2cc(NC(=O)[C@H]3[C@H](c4cc(Cl)cc(Cl)c4)C3(Cl)Cl)cc(F)c2Cl)c1F. The summed E-state index contributed by atoms with van der Waals surface area (Å²) in [5.41, 5.74) is -0.860. The molecule has 5 nitrogen and oxygen atoms in total. The van der Waals surface area contributed by atoms with Gasteiger partial charge in [0.05, 0.1) is 22.2 Å². The van der Waals surface area contributed by atoms with Gasteiger partial charge in [-0.25, -0.2) is 13.2 Å². The predicted molar refractivity (Wildman–Crippen MR) is 141 cm³/mol. The van der Waals surface area contributed by atoms with Crippen molar-refractivity contribution in [1.29, 1.82) is 0 Å². The quantitative estimate of drug-likeness (QED) is 0.249. The highest BCUT2D eigenvalue weighted by atomic mass is 35.5. The number of anilines is 3. The Morgan fingerprint density at radius 1 is 0.892 bits per heavy atom. The Hall–Kier alpha value is -2.36. The summed E-state index contributed by atoms with van der Waals surface area (Å²) in [7, 11) is 1.30. The highest BCUT2D eigenvalue weighted by Gasteiger charge is 2.67. The standard InChI is InChI=1S/C24H15Cl5F3N3O2/c1-33-21-14(30)2-3-16(20(21)32)35-22(36)13-7-12(8-15(31)19(13)27)34-23(37)18-17(24(18,28)29)9-4-10(25)6-11(26)5-9/h2-8,17-18,33H,1H3,(H,34,37)(H,35,36)/t17-,18+/m0/s1. The number of nitrogens with one attached hydrogen (secondary N) is 3. The van der Waals surface area contributed by atoms with Crippen LogP contribution >= 0.6 is 58.0 Å². The van der Waals surface area contributed by atoms with Gasteiger partial charge in [-0.2, -0.15) is 0 Å². The van der Waals surface area contributed by atoms with E-state index in [1.165, 1.54) is 13.1 Å². The Labute approximate surface area is 234 Å². The van der Waals surface area contributed by atoms with E-state index in [2.05, 4.69) is 16.0 Å². The molecular formula is C24H15Cl5F3N3O2. The van der Waals surface area contributed by atoms with Crippen LogP contribution in [0.4, 0.5) is 30.2 Å². The van der Waals surface area contributed by atoms with Crippen LogP contribution in [-0.4, -0.2) is 23.2 Å². The summed E-state index contributed by atoms with van der Waals surface area (Å²) in [6.45, 7) is 0. The Morgan fingerprint density at radius 3 is 2.16 bits per heavy atom. The van der Waals surface area contributed by atoms with E-state index in [4.69, 9.17) is 58.0 Å². The van der Waals surface area contributed by atoms with Crippen molar-refractivity contribution in [3.05, 3.63) is 86.1 Å². The van der Waals surface area contributed by atoms with Crippen molar-refractivity contribution in [2.75, 3.05) is 23.0 Å². The van der Waals surface area contributed by atoms with E-state index >= 15 is 0 Å². The van der Waals surface area contributed by atoms with E-state index in [1.807, 2.05) is 0 Å². The maximum atomic E-state index is 14.6. The second-order valence-electron chi connectivity index (χ2n) is 8.13. The summed E-state index contributed by atoms with van der Waals surface area (Å²) < 4.78 is 41.3. The van der Waals surface area contributed by atoms with Crippen LogP contribution in [-0.2, 0) is 4.79 Å². The molecule has 3 N–H and O–H groups in total. The predicted octanol–water partition coefficient (Wildman–Crippen LogP) is 7.88. The van der Waals surface area contributed by atoms with Crippen molar-refractivity contribution in [2.24, 2.45) is 5.92 Å². The van der Waals surface area contributed by atoms with Crippen LogP contribution < -0.4 is 16.0 Å². The molecule has 0 aromatic heterocycles. The lowest BCUT2D eigenvalue weighted by Gasteiger charge is -2.13. The van der Waals surface area contributed by atoms with Gasteiger partial charge in [0.25, 0.3) is 5.91 Å². The van der Waals surface area contributed by atoms with Gasteiger partial charge in [-0.1, -0.05) is 34.8 Å². The average molecular weight is 612 g/mol. The second kappa shape index (κ2) is 10.4. The molecule has 37 heavy (non-hydrogen) atoms. The van der Waals surface area contributed by atoms with Crippen LogP contribution in [0.1, 0.15) is 21.8 Å². The molecule has 2 atom stereocenters. The molecule has 1 aliphatic rings. The fourth-order valence-electron chi connectivity index (χ4n) is 3.94. The van der Waals surface area contributed by atoms with Gasteiger partial charge < -0.3 is 16.0 Å². The van der Waals surface area contributed by atoms with Gasteiger partial charge >= 0.3 is 0 Å². The molecule has 0 heterocycles. The number of carbonyl (C=O) groups is 2. The lowest BCUT2D eigenvalue weighted by molar-refractivity contribution is -0.117. The van der Waals surface area contributed by atoms with Crippen molar-refractivity contribution in [3.8, 4) is 0 Å². The number of hydrogen-bond donors (Lipinski definition) is 3. The van der Waals surface area contributed by atoms with E-state index in [1.54, 1.807) is 12.1 Å². The Bertz CT molecular complexity index is 1420. The molecule has 1 aliphatic carbocycles. The highest BCUT2D eigenvalue weighted by molar-refractivity contribution is 6.53. The zero-order valence-corrected chi connectivity index (χ0v) is 22.3. The van der Waals surface area contributed by atoms with Gasteiger partial charge in [-0.15, -0.1) is 23.2 Å². The Kier molecular flexibility index (Phi) is 7.79. The molecule has 0 aliphatic heterocycles. The summed E-state index contributed by atoms with van der Waals surface area (Å²) in [6.07, 6.45) is 0. The first-order valence-electron chi connectivity index (χ1n) is 10.5. The third-order valence-electron chi connectivity index (χ3n) is 5.71. The number of benzene rings is 3. The summed E-state index contributed by atoms with van der Waals surface area (Å²) >= 11 is 30.7. The minimum Gasteiger partial charge on any atom is -0.383 e. The largest absolute Gasteiger partial charge is 0.383 e. The third-order valence-corrected chi connectivity index (χ3v) is 7.47. The first-order valence-corrected chi connectivity index (χ1v) is 12.3. The smallest absolute Gasteiger partial charge is 0.257 e. The van der Waals surface area contributed by atoms with E-state index in [0.29, 0.717) is 15.6 Å². The van der Waals surface area contributed by atoms with Crippen LogP contribution in [0.15, 0.2) is 42.5 Å². The molecule has 1 fully saturated rings. The molecule has 2 amide bonds. The minimum absolute atomic E-state index is 0.133. The lowest BCUT2D eigenvalue weighted by Crippen LogP contribution is -2.19. The zero-order valence-electron chi connectivity index (χ0n) is 18.5. The number of halogens is 8. The average Bonchev–Trinajstić information content (AvgIpc) is 3.39. The van der Waals surface area contributed by atoms with Crippen LogP contribution in [0.2, 0.25) is 15.1 Å². The molecular weight excluding hydrogens is 597 g/mol. The molecule has 0 saturated heterocycles. The van der Waals surface area contributed by atoms with Crippen LogP contribution in [0.5, 0.6) is 0 Å². The van der Waals surface area contributed by atoms with Crippen molar-refractivity contribution >= 4 is 86.9 Å². The molecule has 13 heteroatoms. The van der Waals surface area contributed by atoms with Gasteiger partial charge in [0.15, 0.2) is 5.82 Å². The number of carbonyl (C=O) groups excluding carboxylic acids is 2. The molecule has 0 spiro atoms. The van der Waals surface area contributed by atoms with Crippen LogP contribution in [0.3, 0.4) is 0 Å². The van der Waals surface area contributed by atoms with Gasteiger partial charge in [-0.3, -0.25) is 9.59 Å². The molecule has 0 unspecified atom stereocenters. The molecule has 3 aromatic carbocycles. The summed E-state index contributed by atoms with van der Waals surface area (Å²) in [5, 5.41) is 7.10. The molecule has 194 valence electrons. The minimum atomic E-state index is -1.49. The van der Waals surface area contributed by atoms with Gasteiger partial charge in [-0.05, 0) is 48.0 Å². The number of amides is 2. The maximum Gasteiger partial charge on any atom is 0.257 e. The van der Waals surface area contributed by atoms with E-state index in [9.17, 15) is 22.8 Å². The third kappa shape index (κ3) is 5.45. The molecule has 4 rings (SSSR count). The summed E-state index contributed by atoms with van der Waals surface area (Å²) in [4.78, 5) is 25.8.